The lowest BCUT2D eigenvalue weighted by Crippen LogP contribution is -2.19. The van der Waals surface area contributed by atoms with Crippen LogP contribution in [-0.4, -0.2) is 25.1 Å². The van der Waals surface area contributed by atoms with Crippen molar-refractivity contribution in [2.45, 2.75) is 6.92 Å². The lowest BCUT2D eigenvalue weighted by atomic mass is 10.2. The van der Waals surface area contributed by atoms with Crippen LogP contribution >= 0.6 is 0 Å². The minimum Gasteiger partial charge on any atom is -0.412 e. The normalized spacial score (nSPS) is 10.3. The third kappa shape index (κ3) is 1.89. The van der Waals surface area contributed by atoms with Gasteiger partial charge < -0.3 is 5.48 Å². The molecule has 1 aromatic carbocycles. The molecule has 0 unspecified atom stereocenters. The van der Waals surface area contributed by atoms with Crippen LogP contribution in [0.15, 0.2) is 41.2 Å². The maximum Gasteiger partial charge on any atom is 0.349 e. The number of nitrogens with zero attached hydrogens (tertiary/aromatic N) is 3. The van der Waals surface area contributed by atoms with Crippen molar-refractivity contribution < 1.29 is 5.48 Å². The molecular weight excluding hydrogens is 232 g/mol. The Labute approximate surface area is 102 Å². The van der Waals surface area contributed by atoms with Gasteiger partial charge in [0, 0.05) is 11.6 Å². The van der Waals surface area contributed by atoms with Crippen molar-refractivity contribution in [3.8, 4) is 11.3 Å². The van der Waals surface area contributed by atoms with Gasteiger partial charge in [-0.2, -0.15) is 9.61 Å². The van der Waals surface area contributed by atoms with Crippen LogP contribution in [0.25, 0.3) is 16.9 Å². The molecule has 2 heterocycles. The van der Waals surface area contributed by atoms with Crippen LogP contribution in [0.1, 0.15) is 5.82 Å². The Bertz CT molecular complexity index is 731. The molecule has 3 rings (SSSR count). The smallest absolute Gasteiger partial charge is 0.349 e. The van der Waals surface area contributed by atoms with E-state index in [9.17, 15) is 4.79 Å². The molecule has 2 aromatic heterocycles. The molecule has 0 aliphatic rings. The second-order valence-corrected chi connectivity index (χ2v) is 3.79. The topological polar surface area (TPSA) is 94.6 Å². The maximum absolute atomic E-state index is 11.6. The van der Waals surface area contributed by atoms with Gasteiger partial charge in [0.2, 0.25) is 0 Å². The number of aromatic nitrogens is 4. The highest BCUT2D eigenvalue weighted by molar-refractivity contribution is 5.63. The van der Waals surface area contributed by atoms with E-state index in [-0.39, 0.29) is 11.2 Å². The van der Waals surface area contributed by atoms with E-state index >= 15 is 0 Å². The van der Waals surface area contributed by atoms with Gasteiger partial charge in [-0.15, -0.1) is 0 Å². The predicted molar refractivity (Wildman–Crippen MR) is 67.4 cm³/mol. The summed E-state index contributed by atoms with van der Waals surface area (Å²) < 4.78 is 1.27. The van der Waals surface area contributed by atoms with Crippen LogP contribution in [0.4, 0.5) is 0 Å². The molecule has 18 heavy (non-hydrogen) atoms. The zero-order valence-corrected chi connectivity index (χ0v) is 9.71. The Morgan fingerprint density at radius 2 is 1.94 bits per heavy atom. The summed E-state index contributed by atoms with van der Waals surface area (Å²) in [5.74, 6) is 0.585. The summed E-state index contributed by atoms with van der Waals surface area (Å²) in [4.78, 5) is 18.5. The summed E-state index contributed by atoms with van der Waals surface area (Å²) in [7, 11) is 0. The van der Waals surface area contributed by atoms with Crippen LogP contribution < -0.4 is 5.69 Å². The first-order valence-corrected chi connectivity index (χ1v) is 5.26. The summed E-state index contributed by atoms with van der Waals surface area (Å²) >= 11 is 0. The Morgan fingerprint density at radius 1 is 1.22 bits per heavy atom. The first-order chi connectivity index (χ1) is 8.24. The van der Waals surface area contributed by atoms with E-state index in [1.165, 1.54) is 4.52 Å². The summed E-state index contributed by atoms with van der Waals surface area (Å²) in [6.07, 6.45) is 0. The Morgan fingerprint density at radius 3 is 2.67 bits per heavy atom. The molecule has 0 aliphatic carbocycles. The number of hydrogen-bond acceptors (Lipinski definition) is 3. The fourth-order valence-corrected chi connectivity index (χ4v) is 1.76. The average Bonchev–Trinajstić information content (AvgIpc) is 2.74. The number of H-pyrrole nitrogens is 1. The molecule has 3 aromatic rings. The number of benzene rings is 1. The minimum atomic E-state index is -0.269. The molecule has 0 radical (unpaired) electrons. The van der Waals surface area contributed by atoms with E-state index < -0.39 is 0 Å². The summed E-state index contributed by atoms with van der Waals surface area (Å²) in [5, 5.41) is 4.23. The van der Waals surface area contributed by atoms with E-state index in [1.807, 2.05) is 30.3 Å². The Hall–Kier alpha value is -2.47. The van der Waals surface area contributed by atoms with Gasteiger partial charge in [-0.25, -0.2) is 9.78 Å². The largest absolute Gasteiger partial charge is 0.412 e. The van der Waals surface area contributed by atoms with E-state index in [0.29, 0.717) is 11.5 Å². The minimum absolute atomic E-state index is 0. The number of nitrogens with one attached hydrogen (secondary N) is 1. The van der Waals surface area contributed by atoms with Gasteiger partial charge in [-0.05, 0) is 6.92 Å². The summed E-state index contributed by atoms with van der Waals surface area (Å²) in [6, 6.07) is 11.5. The molecule has 92 valence electrons. The second kappa shape index (κ2) is 4.42. The number of hydrogen-bond donors (Lipinski definition) is 1. The van der Waals surface area contributed by atoms with Gasteiger partial charge in [0.25, 0.3) is 0 Å². The SMILES string of the molecule is Cc1nc2cc(-c3ccccc3)nn2c(=O)[nH]1.O. The molecular formula is C12H12N4O2. The van der Waals surface area contributed by atoms with Gasteiger partial charge in [0.1, 0.15) is 5.82 Å². The van der Waals surface area contributed by atoms with Gasteiger partial charge in [-0.3, -0.25) is 4.98 Å². The van der Waals surface area contributed by atoms with Crippen molar-refractivity contribution in [1.82, 2.24) is 19.6 Å². The molecule has 0 fully saturated rings. The van der Waals surface area contributed by atoms with Crippen molar-refractivity contribution in [2.24, 2.45) is 0 Å². The molecule has 0 atom stereocenters. The highest BCUT2D eigenvalue weighted by Crippen LogP contribution is 2.17. The van der Waals surface area contributed by atoms with Gasteiger partial charge in [0.15, 0.2) is 5.65 Å². The van der Waals surface area contributed by atoms with E-state index in [2.05, 4.69) is 15.1 Å². The van der Waals surface area contributed by atoms with Crippen LogP contribution in [-0.2, 0) is 0 Å². The van der Waals surface area contributed by atoms with E-state index in [1.54, 1.807) is 13.0 Å². The molecule has 0 amide bonds. The van der Waals surface area contributed by atoms with Crippen molar-refractivity contribution in [1.29, 1.82) is 0 Å². The van der Waals surface area contributed by atoms with Crippen molar-refractivity contribution in [3.63, 3.8) is 0 Å². The standard InChI is InChI=1S/C12H10N4O.H2O/c1-8-13-11-7-10(9-5-3-2-4-6-9)15-16(11)12(17)14-8;/h2-7H,1H3,(H,13,14,17);1H2. The van der Waals surface area contributed by atoms with Crippen molar-refractivity contribution in [2.75, 3.05) is 0 Å². The number of fused-ring (bicyclic) bond motifs is 1. The first kappa shape index (κ1) is 12.0. The maximum atomic E-state index is 11.6. The van der Waals surface area contributed by atoms with Gasteiger partial charge in [-0.1, -0.05) is 30.3 Å². The third-order valence-electron chi connectivity index (χ3n) is 2.52. The Balaban J connectivity index is 0.00000120. The molecule has 0 aliphatic heterocycles. The lowest BCUT2D eigenvalue weighted by molar-refractivity contribution is 0.822. The van der Waals surface area contributed by atoms with Crippen molar-refractivity contribution in [3.05, 3.63) is 52.7 Å². The molecule has 6 nitrogen and oxygen atoms in total. The van der Waals surface area contributed by atoms with Crippen molar-refractivity contribution >= 4 is 5.65 Å². The van der Waals surface area contributed by atoms with E-state index in [4.69, 9.17) is 0 Å². The summed E-state index contributed by atoms with van der Waals surface area (Å²) in [6.45, 7) is 1.75. The zero-order valence-electron chi connectivity index (χ0n) is 9.71. The molecule has 0 saturated heterocycles. The molecule has 3 N–H and O–H groups in total. The molecule has 0 bridgehead atoms. The molecule has 6 heteroatoms. The quantitative estimate of drug-likeness (QED) is 0.677. The fourth-order valence-electron chi connectivity index (χ4n) is 1.76. The van der Waals surface area contributed by atoms with Crippen LogP contribution in [0.3, 0.4) is 0 Å². The Kier molecular flexibility index (Phi) is 2.95. The number of aromatic amines is 1. The van der Waals surface area contributed by atoms with E-state index in [0.717, 1.165) is 11.3 Å². The predicted octanol–water partition coefficient (Wildman–Crippen LogP) is 0.568. The fraction of sp³-hybridized carbons (Fsp3) is 0.0833. The highest BCUT2D eigenvalue weighted by Gasteiger charge is 2.07. The zero-order chi connectivity index (χ0) is 11.8. The molecule has 0 saturated carbocycles. The number of aryl methyl sites for hydroxylation is 1. The monoisotopic (exact) mass is 244 g/mol. The van der Waals surface area contributed by atoms with Crippen LogP contribution in [0.2, 0.25) is 0 Å². The molecule has 0 spiro atoms. The average molecular weight is 244 g/mol. The number of rotatable bonds is 1. The third-order valence-corrected chi connectivity index (χ3v) is 2.52. The summed E-state index contributed by atoms with van der Waals surface area (Å²) in [5.41, 5.74) is 2.00. The van der Waals surface area contributed by atoms with Gasteiger partial charge in [0.05, 0.1) is 5.69 Å². The second-order valence-electron chi connectivity index (χ2n) is 3.79. The van der Waals surface area contributed by atoms with Gasteiger partial charge >= 0.3 is 5.69 Å². The first-order valence-electron chi connectivity index (χ1n) is 5.26. The van der Waals surface area contributed by atoms with Crippen LogP contribution in [0, 0.1) is 6.92 Å². The lowest BCUT2D eigenvalue weighted by Gasteiger charge is -1.93. The highest BCUT2D eigenvalue weighted by atomic mass is 16.1. The van der Waals surface area contributed by atoms with Crippen LogP contribution in [0.5, 0.6) is 0 Å².